The largest absolute Gasteiger partial charge is 0.497 e. The Labute approximate surface area is 205 Å². The summed E-state index contributed by atoms with van der Waals surface area (Å²) in [6.07, 6.45) is 1.67. The number of hydrogen-bond donors (Lipinski definition) is 1. The number of nitrogens with zero attached hydrogens (tertiary/aromatic N) is 5. The van der Waals surface area contributed by atoms with E-state index in [0.29, 0.717) is 37.4 Å². The van der Waals surface area contributed by atoms with Gasteiger partial charge in [-0.15, -0.1) is 5.10 Å². The Kier molecular flexibility index (Phi) is 9.44. The molecule has 0 saturated heterocycles. The van der Waals surface area contributed by atoms with Crippen molar-refractivity contribution in [2.75, 3.05) is 33.9 Å². The lowest BCUT2D eigenvalue weighted by atomic mass is 10.0. The molecular formula is C24H35N5O6. The summed E-state index contributed by atoms with van der Waals surface area (Å²) >= 11 is 0. The molecule has 1 aliphatic rings. The van der Waals surface area contributed by atoms with Gasteiger partial charge < -0.3 is 29.1 Å². The Morgan fingerprint density at radius 2 is 2.03 bits per heavy atom. The van der Waals surface area contributed by atoms with Crippen LogP contribution >= 0.6 is 0 Å². The molecule has 0 saturated carbocycles. The van der Waals surface area contributed by atoms with Crippen molar-refractivity contribution in [1.82, 2.24) is 24.8 Å². The quantitative estimate of drug-likeness (QED) is 0.654. The van der Waals surface area contributed by atoms with Crippen LogP contribution in [0.5, 0.6) is 11.5 Å². The van der Waals surface area contributed by atoms with Crippen LogP contribution < -0.4 is 9.47 Å². The van der Waals surface area contributed by atoms with Gasteiger partial charge in [0.25, 0.3) is 0 Å². The Hall–Kier alpha value is -3.18. The van der Waals surface area contributed by atoms with Crippen molar-refractivity contribution >= 4 is 12.0 Å². The SMILES string of the molecule is COc1ccc(OC(=O)N(C)C[C@@H]2OCc3cnnn3CCCC(=O)N([C@H](C)CO)C[C@H]2C)cc1. The lowest BCUT2D eigenvalue weighted by Crippen LogP contribution is -2.48. The van der Waals surface area contributed by atoms with E-state index < -0.39 is 12.2 Å². The Morgan fingerprint density at radius 1 is 1.31 bits per heavy atom. The zero-order chi connectivity index (χ0) is 25.4. The predicted octanol–water partition coefficient (Wildman–Crippen LogP) is 1.94. The van der Waals surface area contributed by atoms with Crippen molar-refractivity contribution in [2.24, 2.45) is 5.92 Å². The Morgan fingerprint density at radius 3 is 2.71 bits per heavy atom. The Balaban J connectivity index is 1.74. The topological polar surface area (TPSA) is 119 Å². The zero-order valence-corrected chi connectivity index (χ0v) is 20.8. The summed E-state index contributed by atoms with van der Waals surface area (Å²) in [7, 11) is 3.21. The fourth-order valence-corrected chi connectivity index (χ4v) is 3.91. The second-order valence-electron chi connectivity index (χ2n) is 8.88. The minimum absolute atomic E-state index is 0.0355. The number of benzene rings is 1. The molecule has 2 amide bonds. The highest BCUT2D eigenvalue weighted by molar-refractivity contribution is 5.76. The molecule has 35 heavy (non-hydrogen) atoms. The van der Waals surface area contributed by atoms with Crippen molar-refractivity contribution in [3.63, 3.8) is 0 Å². The first-order valence-electron chi connectivity index (χ1n) is 11.8. The smallest absolute Gasteiger partial charge is 0.415 e. The Bertz CT molecular complexity index is 966. The van der Waals surface area contributed by atoms with Gasteiger partial charge in [-0.1, -0.05) is 12.1 Å². The first-order chi connectivity index (χ1) is 16.8. The number of ether oxygens (including phenoxy) is 3. The maximum atomic E-state index is 12.9. The van der Waals surface area contributed by atoms with Gasteiger partial charge in [-0.3, -0.25) is 4.79 Å². The number of fused-ring (bicyclic) bond motifs is 1. The van der Waals surface area contributed by atoms with Crippen LogP contribution in [-0.2, 0) is 22.7 Å². The molecule has 1 aromatic carbocycles. The van der Waals surface area contributed by atoms with E-state index in [9.17, 15) is 14.7 Å². The summed E-state index contributed by atoms with van der Waals surface area (Å²) in [6, 6.07) is 6.42. The highest BCUT2D eigenvalue weighted by Gasteiger charge is 2.29. The van der Waals surface area contributed by atoms with Gasteiger partial charge in [0.05, 0.1) is 50.9 Å². The normalized spacial score (nSPS) is 20.3. The second kappa shape index (κ2) is 12.5. The van der Waals surface area contributed by atoms with E-state index in [-0.39, 0.29) is 37.6 Å². The molecule has 2 aromatic rings. The van der Waals surface area contributed by atoms with E-state index in [1.54, 1.807) is 54.2 Å². The van der Waals surface area contributed by atoms with Crippen LogP contribution in [0.25, 0.3) is 0 Å². The summed E-state index contributed by atoms with van der Waals surface area (Å²) in [5.74, 6) is 0.900. The number of rotatable bonds is 6. The molecule has 2 heterocycles. The second-order valence-corrected chi connectivity index (χ2v) is 8.88. The predicted molar refractivity (Wildman–Crippen MR) is 127 cm³/mol. The molecule has 0 unspecified atom stereocenters. The van der Waals surface area contributed by atoms with Gasteiger partial charge in [-0.25, -0.2) is 9.48 Å². The average molecular weight is 490 g/mol. The van der Waals surface area contributed by atoms with Crippen molar-refractivity contribution in [3.8, 4) is 11.5 Å². The van der Waals surface area contributed by atoms with Crippen molar-refractivity contribution in [1.29, 1.82) is 0 Å². The van der Waals surface area contributed by atoms with Gasteiger partial charge in [0.15, 0.2) is 0 Å². The van der Waals surface area contributed by atoms with Gasteiger partial charge in [-0.2, -0.15) is 0 Å². The number of aliphatic hydroxyl groups excluding tert-OH is 1. The highest BCUT2D eigenvalue weighted by atomic mass is 16.6. The van der Waals surface area contributed by atoms with Gasteiger partial charge in [-0.05, 0) is 37.6 Å². The zero-order valence-electron chi connectivity index (χ0n) is 20.8. The van der Waals surface area contributed by atoms with Gasteiger partial charge in [0.2, 0.25) is 5.91 Å². The third-order valence-corrected chi connectivity index (χ3v) is 6.17. The number of aromatic nitrogens is 3. The average Bonchev–Trinajstić information content (AvgIpc) is 3.31. The maximum absolute atomic E-state index is 12.9. The van der Waals surface area contributed by atoms with Crippen LogP contribution in [0.2, 0.25) is 0 Å². The third-order valence-electron chi connectivity index (χ3n) is 6.17. The van der Waals surface area contributed by atoms with E-state index in [0.717, 1.165) is 5.69 Å². The van der Waals surface area contributed by atoms with E-state index in [1.807, 2.05) is 13.8 Å². The summed E-state index contributed by atoms with van der Waals surface area (Å²) in [6.45, 7) is 5.11. The lowest BCUT2D eigenvalue weighted by Gasteiger charge is -2.35. The molecule has 3 rings (SSSR count). The van der Waals surface area contributed by atoms with Crippen LogP contribution in [0.3, 0.4) is 0 Å². The molecule has 0 fully saturated rings. The van der Waals surface area contributed by atoms with Crippen molar-refractivity contribution < 1.29 is 28.9 Å². The number of methoxy groups -OCH3 is 1. The van der Waals surface area contributed by atoms with E-state index in [4.69, 9.17) is 14.2 Å². The van der Waals surface area contributed by atoms with Gasteiger partial charge in [0.1, 0.15) is 11.5 Å². The fourth-order valence-electron chi connectivity index (χ4n) is 3.91. The molecule has 11 nitrogen and oxygen atoms in total. The third kappa shape index (κ3) is 7.15. The number of aryl methyl sites for hydroxylation is 1. The first-order valence-corrected chi connectivity index (χ1v) is 11.8. The van der Waals surface area contributed by atoms with Crippen LogP contribution in [0, 0.1) is 5.92 Å². The summed E-state index contributed by atoms with van der Waals surface area (Å²) in [5.41, 5.74) is 0.805. The standard InChI is InChI=1S/C24H35N5O6/c1-17-13-28(18(2)15-30)23(31)6-5-11-29-19(12-25-26-29)16-34-22(17)14-27(3)24(32)35-21-9-7-20(33-4)8-10-21/h7-10,12,17-18,22,30H,5-6,11,13-16H2,1-4H3/t17-,18-,22+/m1/s1. The van der Waals surface area contributed by atoms with Crippen molar-refractivity contribution in [3.05, 3.63) is 36.2 Å². The number of aliphatic hydroxyl groups is 1. The van der Waals surface area contributed by atoms with Crippen molar-refractivity contribution in [2.45, 2.75) is 52.0 Å². The van der Waals surface area contributed by atoms with Gasteiger partial charge in [0, 0.05) is 32.5 Å². The molecule has 1 aliphatic heterocycles. The molecule has 0 bridgehead atoms. The molecular weight excluding hydrogens is 454 g/mol. The van der Waals surface area contributed by atoms with Crippen LogP contribution in [0.1, 0.15) is 32.4 Å². The minimum atomic E-state index is -0.527. The van der Waals surface area contributed by atoms with Gasteiger partial charge >= 0.3 is 6.09 Å². The number of likely N-dealkylation sites (N-methyl/N-ethyl adjacent to an activating group) is 1. The molecule has 0 spiro atoms. The highest BCUT2D eigenvalue weighted by Crippen LogP contribution is 2.20. The van der Waals surface area contributed by atoms with E-state index in [2.05, 4.69) is 10.3 Å². The van der Waals surface area contributed by atoms with E-state index >= 15 is 0 Å². The molecule has 11 heteroatoms. The minimum Gasteiger partial charge on any atom is -0.497 e. The lowest BCUT2D eigenvalue weighted by molar-refractivity contribution is -0.136. The number of amides is 2. The molecule has 0 aliphatic carbocycles. The maximum Gasteiger partial charge on any atom is 0.415 e. The van der Waals surface area contributed by atoms with Crippen LogP contribution in [0.4, 0.5) is 4.79 Å². The monoisotopic (exact) mass is 489 g/mol. The summed E-state index contributed by atoms with van der Waals surface area (Å²) in [5, 5.41) is 17.8. The molecule has 3 atom stereocenters. The van der Waals surface area contributed by atoms with Crippen LogP contribution in [0.15, 0.2) is 30.5 Å². The number of carbonyl (C=O) groups excluding carboxylic acids is 2. The number of hydrogen-bond acceptors (Lipinski definition) is 8. The first kappa shape index (κ1) is 26.4. The van der Waals surface area contributed by atoms with Crippen LogP contribution in [-0.4, -0.2) is 87.9 Å². The van der Waals surface area contributed by atoms with E-state index in [1.165, 1.54) is 4.90 Å². The molecule has 192 valence electrons. The molecule has 1 N–H and O–H groups in total. The summed E-state index contributed by atoms with van der Waals surface area (Å²) in [4.78, 5) is 28.8. The fraction of sp³-hybridized carbons (Fsp3) is 0.583. The summed E-state index contributed by atoms with van der Waals surface area (Å²) < 4.78 is 18.6. The molecule has 1 aromatic heterocycles. The molecule has 0 radical (unpaired) electrons. The number of carbonyl (C=O) groups is 2.